The highest BCUT2D eigenvalue weighted by atomic mass is 35.5. The monoisotopic (exact) mass is 226 g/mol. The third-order valence-corrected chi connectivity index (χ3v) is 1.89. The number of ketones is 1. The van der Waals surface area contributed by atoms with E-state index in [1.807, 2.05) is 0 Å². The summed E-state index contributed by atoms with van der Waals surface area (Å²) in [7, 11) is 0. The lowest BCUT2D eigenvalue weighted by Crippen LogP contribution is -2.06. The summed E-state index contributed by atoms with van der Waals surface area (Å²) >= 11 is 5.89. The molecule has 0 bridgehead atoms. The minimum absolute atomic E-state index is 0.177. The SMILES string of the molecule is CC(C)(Cl)/C=C/C(=O)c1ccc(F)cc1. The summed E-state index contributed by atoms with van der Waals surface area (Å²) in [6, 6.07) is 5.41. The van der Waals surface area contributed by atoms with Gasteiger partial charge in [0.15, 0.2) is 5.78 Å². The molecule has 0 N–H and O–H groups in total. The topological polar surface area (TPSA) is 17.1 Å². The van der Waals surface area contributed by atoms with Crippen LogP contribution in [0.15, 0.2) is 36.4 Å². The molecule has 0 heterocycles. The van der Waals surface area contributed by atoms with E-state index in [4.69, 9.17) is 11.6 Å². The molecule has 0 spiro atoms. The second-order valence-corrected chi connectivity index (χ2v) is 4.74. The number of hydrogen-bond acceptors (Lipinski definition) is 1. The van der Waals surface area contributed by atoms with Crippen molar-refractivity contribution in [1.29, 1.82) is 0 Å². The smallest absolute Gasteiger partial charge is 0.185 e. The van der Waals surface area contributed by atoms with Crippen molar-refractivity contribution >= 4 is 17.4 Å². The highest BCUT2D eigenvalue weighted by molar-refractivity contribution is 6.25. The number of benzene rings is 1. The zero-order valence-electron chi connectivity index (χ0n) is 8.63. The quantitative estimate of drug-likeness (QED) is 0.437. The van der Waals surface area contributed by atoms with Crippen LogP contribution < -0.4 is 0 Å². The number of carbonyl (C=O) groups is 1. The molecule has 0 aliphatic rings. The second-order valence-electron chi connectivity index (χ2n) is 3.77. The van der Waals surface area contributed by atoms with Crippen LogP contribution in [0.1, 0.15) is 24.2 Å². The van der Waals surface area contributed by atoms with E-state index in [0.717, 1.165) is 0 Å². The van der Waals surface area contributed by atoms with Crippen LogP contribution in [0, 0.1) is 5.82 Å². The highest BCUT2D eigenvalue weighted by Crippen LogP contribution is 2.14. The maximum absolute atomic E-state index is 12.6. The van der Waals surface area contributed by atoms with Gasteiger partial charge in [0.05, 0.1) is 4.87 Å². The van der Waals surface area contributed by atoms with E-state index in [9.17, 15) is 9.18 Å². The minimum atomic E-state index is -0.546. The van der Waals surface area contributed by atoms with Gasteiger partial charge in [0.1, 0.15) is 5.82 Å². The van der Waals surface area contributed by atoms with E-state index in [1.165, 1.54) is 30.3 Å². The van der Waals surface area contributed by atoms with Gasteiger partial charge in [-0.1, -0.05) is 6.08 Å². The molecule has 0 fully saturated rings. The molecule has 0 saturated carbocycles. The Morgan fingerprint density at radius 3 is 2.33 bits per heavy atom. The molecule has 0 amide bonds. The Labute approximate surface area is 93.6 Å². The Bertz CT molecular complexity index is 374. The van der Waals surface area contributed by atoms with Crippen LogP contribution >= 0.6 is 11.6 Å². The van der Waals surface area contributed by atoms with E-state index >= 15 is 0 Å². The fourth-order valence-corrected chi connectivity index (χ4v) is 1.05. The molecular formula is C12H12ClFO. The molecule has 1 aromatic carbocycles. The van der Waals surface area contributed by atoms with Crippen LogP contribution in [-0.4, -0.2) is 10.7 Å². The van der Waals surface area contributed by atoms with E-state index in [1.54, 1.807) is 19.9 Å². The molecule has 1 aromatic rings. The van der Waals surface area contributed by atoms with Crippen LogP contribution in [0.2, 0.25) is 0 Å². The largest absolute Gasteiger partial charge is 0.289 e. The van der Waals surface area contributed by atoms with Crippen LogP contribution in [0.3, 0.4) is 0 Å². The molecule has 0 unspecified atom stereocenters. The van der Waals surface area contributed by atoms with E-state index in [2.05, 4.69) is 0 Å². The van der Waals surface area contributed by atoms with Gasteiger partial charge in [0.2, 0.25) is 0 Å². The second kappa shape index (κ2) is 4.58. The molecule has 0 radical (unpaired) electrons. The van der Waals surface area contributed by atoms with Gasteiger partial charge in [-0.25, -0.2) is 4.39 Å². The lowest BCUT2D eigenvalue weighted by atomic mass is 10.1. The zero-order chi connectivity index (χ0) is 11.5. The van der Waals surface area contributed by atoms with Gasteiger partial charge >= 0.3 is 0 Å². The first kappa shape index (κ1) is 11.9. The maximum atomic E-state index is 12.6. The molecule has 3 heteroatoms. The van der Waals surface area contributed by atoms with Crippen molar-refractivity contribution in [1.82, 2.24) is 0 Å². The average molecular weight is 227 g/mol. The van der Waals surface area contributed by atoms with E-state index in [0.29, 0.717) is 5.56 Å². The predicted octanol–water partition coefficient (Wildman–Crippen LogP) is 3.58. The Morgan fingerprint density at radius 1 is 1.33 bits per heavy atom. The molecule has 15 heavy (non-hydrogen) atoms. The van der Waals surface area contributed by atoms with Crippen LogP contribution in [-0.2, 0) is 0 Å². The summed E-state index contributed by atoms with van der Waals surface area (Å²) in [6.45, 7) is 3.56. The summed E-state index contributed by atoms with van der Waals surface area (Å²) in [6.07, 6.45) is 3.01. The first-order valence-corrected chi connectivity index (χ1v) is 4.94. The van der Waals surface area contributed by atoms with Crippen molar-refractivity contribution in [2.24, 2.45) is 0 Å². The fraction of sp³-hybridized carbons (Fsp3) is 0.250. The molecule has 1 nitrogen and oxygen atoms in total. The first-order valence-electron chi connectivity index (χ1n) is 4.56. The Kier molecular flexibility index (Phi) is 3.64. The summed E-state index contributed by atoms with van der Waals surface area (Å²) in [5, 5.41) is 0. The summed E-state index contributed by atoms with van der Waals surface area (Å²) < 4.78 is 12.6. The summed E-state index contributed by atoms with van der Waals surface area (Å²) in [5.41, 5.74) is 0.452. The number of carbonyl (C=O) groups excluding carboxylic acids is 1. The van der Waals surface area contributed by atoms with E-state index in [-0.39, 0.29) is 11.6 Å². The lowest BCUT2D eigenvalue weighted by molar-refractivity contribution is 0.104. The maximum Gasteiger partial charge on any atom is 0.185 e. The number of hydrogen-bond donors (Lipinski definition) is 0. The summed E-state index contributed by atoms with van der Waals surface area (Å²) in [4.78, 5) is 11.0. The van der Waals surface area contributed by atoms with Crippen LogP contribution in [0.5, 0.6) is 0 Å². The average Bonchev–Trinajstić information content (AvgIpc) is 2.14. The van der Waals surface area contributed by atoms with Gasteiger partial charge in [-0.2, -0.15) is 0 Å². The lowest BCUT2D eigenvalue weighted by Gasteiger charge is -2.07. The minimum Gasteiger partial charge on any atom is -0.289 e. The molecule has 1 rings (SSSR count). The van der Waals surface area contributed by atoms with Gasteiger partial charge in [0.25, 0.3) is 0 Å². The highest BCUT2D eigenvalue weighted by Gasteiger charge is 2.09. The van der Waals surface area contributed by atoms with Gasteiger partial charge in [-0.05, 0) is 44.2 Å². The molecule has 0 aliphatic carbocycles. The van der Waals surface area contributed by atoms with Crippen molar-refractivity contribution in [2.75, 3.05) is 0 Å². The van der Waals surface area contributed by atoms with Crippen molar-refractivity contribution in [3.8, 4) is 0 Å². The first-order chi connectivity index (χ1) is 6.88. The Balaban J connectivity index is 2.78. The molecular weight excluding hydrogens is 215 g/mol. The van der Waals surface area contributed by atoms with Gasteiger partial charge in [-0.15, -0.1) is 11.6 Å². The van der Waals surface area contributed by atoms with Crippen molar-refractivity contribution in [3.05, 3.63) is 47.8 Å². The van der Waals surface area contributed by atoms with Crippen molar-refractivity contribution < 1.29 is 9.18 Å². The molecule has 0 aliphatic heterocycles. The predicted molar refractivity (Wildman–Crippen MR) is 59.8 cm³/mol. The third-order valence-electron chi connectivity index (χ3n) is 1.76. The van der Waals surface area contributed by atoms with Gasteiger partial charge in [0, 0.05) is 5.56 Å². The molecule has 0 atom stereocenters. The van der Waals surface area contributed by atoms with Crippen molar-refractivity contribution in [2.45, 2.75) is 18.7 Å². The molecule has 0 aromatic heterocycles. The number of rotatable bonds is 3. The van der Waals surface area contributed by atoms with Gasteiger partial charge < -0.3 is 0 Å². The number of alkyl halides is 1. The molecule has 0 saturated heterocycles. The third kappa shape index (κ3) is 4.26. The van der Waals surface area contributed by atoms with Crippen molar-refractivity contribution in [3.63, 3.8) is 0 Å². The number of halogens is 2. The van der Waals surface area contributed by atoms with Crippen LogP contribution in [0.25, 0.3) is 0 Å². The fourth-order valence-electron chi connectivity index (χ4n) is 0.984. The normalized spacial score (nSPS) is 12.0. The van der Waals surface area contributed by atoms with E-state index < -0.39 is 4.87 Å². The zero-order valence-corrected chi connectivity index (χ0v) is 9.38. The number of allylic oxidation sites excluding steroid dienone is 2. The standard InChI is InChI=1S/C12H12ClFO/c1-12(2,13)8-7-11(15)9-3-5-10(14)6-4-9/h3-8H,1-2H3/b8-7+. The summed E-state index contributed by atoms with van der Waals surface area (Å²) in [5.74, 6) is -0.531. The van der Waals surface area contributed by atoms with Gasteiger partial charge in [-0.3, -0.25) is 4.79 Å². The Hall–Kier alpha value is -1.15. The molecule has 80 valence electrons. The van der Waals surface area contributed by atoms with Crippen LogP contribution in [0.4, 0.5) is 4.39 Å². The Morgan fingerprint density at radius 2 is 1.87 bits per heavy atom.